The lowest BCUT2D eigenvalue weighted by Gasteiger charge is -2.40. The molecule has 2 rings (SSSR count). The van der Waals surface area contributed by atoms with E-state index in [9.17, 15) is 9.90 Å². The minimum atomic E-state index is -0.613. The van der Waals surface area contributed by atoms with Gasteiger partial charge in [-0.3, -0.25) is 9.69 Å². The van der Waals surface area contributed by atoms with Crippen molar-refractivity contribution in [3.8, 4) is 0 Å². The molecule has 0 radical (unpaired) electrons. The molecule has 4 nitrogen and oxygen atoms in total. The standard InChI is InChI=1S/C15H28N2O2/c1-2-9-16-11-7-13(8-12-16)17-10-5-3-4-6-14(17)15(18)19/h13-14H,2-12H2,1H3,(H,18,19). The van der Waals surface area contributed by atoms with E-state index < -0.39 is 5.97 Å². The Morgan fingerprint density at radius 3 is 2.47 bits per heavy atom. The summed E-state index contributed by atoms with van der Waals surface area (Å²) in [6, 6.07) is 0.262. The van der Waals surface area contributed by atoms with Gasteiger partial charge in [0.25, 0.3) is 0 Å². The third-order valence-corrected chi connectivity index (χ3v) is 4.65. The first-order chi connectivity index (χ1) is 9.22. The van der Waals surface area contributed by atoms with Crippen LogP contribution in [0.2, 0.25) is 0 Å². The zero-order valence-electron chi connectivity index (χ0n) is 12.2. The molecule has 0 aromatic carbocycles. The first-order valence-corrected chi connectivity index (χ1v) is 7.93. The van der Waals surface area contributed by atoms with Crippen LogP contribution in [0.25, 0.3) is 0 Å². The summed E-state index contributed by atoms with van der Waals surface area (Å²) in [7, 11) is 0. The van der Waals surface area contributed by atoms with E-state index in [1.807, 2.05) is 0 Å². The number of carboxylic acid groups (broad SMARTS) is 1. The minimum absolute atomic E-state index is 0.231. The van der Waals surface area contributed by atoms with Crippen LogP contribution in [0.5, 0.6) is 0 Å². The molecule has 1 unspecified atom stereocenters. The second-order valence-corrected chi connectivity index (χ2v) is 6.01. The Bertz CT molecular complexity index is 288. The van der Waals surface area contributed by atoms with Gasteiger partial charge < -0.3 is 10.0 Å². The number of nitrogens with zero attached hydrogens (tertiary/aromatic N) is 2. The van der Waals surface area contributed by atoms with E-state index >= 15 is 0 Å². The van der Waals surface area contributed by atoms with Crippen LogP contribution in [0.3, 0.4) is 0 Å². The molecule has 19 heavy (non-hydrogen) atoms. The zero-order valence-corrected chi connectivity index (χ0v) is 12.2. The lowest BCUT2D eigenvalue weighted by atomic mass is 10.00. The van der Waals surface area contributed by atoms with Gasteiger partial charge in [-0.15, -0.1) is 0 Å². The van der Waals surface area contributed by atoms with Crippen molar-refractivity contribution >= 4 is 5.97 Å². The van der Waals surface area contributed by atoms with Gasteiger partial charge in [0, 0.05) is 6.04 Å². The number of aliphatic carboxylic acids is 1. The van der Waals surface area contributed by atoms with Gasteiger partial charge in [0.2, 0.25) is 0 Å². The van der Waals surface area contributed by atoms with Crippen LogP contribution < -0.4 is 0 Å². The second kappa shape index (κ2) is 7.25. The smallest absolute Gasteiger partial charge is 0.320 e. The SMILES string of the molecule is CCCN1CCC(N2CCCCCC2C(=O)O)CC1. The van der Waals surface area contributed by atoms with Crippen LogP contribution in [-0.4, -0.2) is 59.1 Å². The maximum absolute atomic E-state index is 11.5. The molecule has 1 N–H and O–H groups in total. The Morgan fingerprint density at radius 1 is 1.11 bits per heavy atom. The van der Waals surface area contributed by atoms with Gasteiger partial charge in [0.1, 0.15) is 6.04 Å². The quantitative estimate of drug-likeness (QED) is 0.849. The van der Waals surface area contributed by atoms with Crippen molar-refractivity contribution in [3.05, 3.63) is 0 Å². The predicted molar refractivity (Wildman–Crippen MR) is 76.4 cm³/mol. The summed E-state index contributed by atoms with van der Waals surface area (Å²) in [6.45, 7) is 6.68. The zero-order chi connectivity index (χ0) is 13.7. The summed E-state index contributed by atoms with van der Waals surface area (Å²) in [5.74, 6) is -0.613. The molecule has 0 bridgehead atoms. The van der Waals surface area contributed by atoms with E-state index in [1.165, 1.54) is 25.8 Å². The fourth-order valence-electron chi connectivity index (χ4n) is 3.62. The Morgan fingerprint density at radius 2 is 1.84 bits per heavy atom. The van der Waals surface area contributed by atoms with E-state index in [-0.39, 0.29) is 6.04 Å². The highest BCUT2D eigenvalue weighted by atomic mass is 16.4. The van der Waals surface area contributed by atoms with Crippen molar-refractivity contribution in [2.45, 2.75) is 64.0 Å². The normalized spacial score (nSPS) is 28.2. The highest BCUT2D eigenvalue weighted by Crippen LogP contribution is 2.25. The molecule has 2 heterocycles. The number of hydrogen-bond acceptors (Lipinski definition) is 3. The van der Waals surface area contributed by atoms with Gasteiger partial charge in [0.05, 0.1) is 0 Å². The highest BCUT2D eigenvalue weighted by Gasteiger charge is 2.33. The molecular formula is C15H28N2O2. The number of hydrogen-bond donors (Lipinski definition) is 1. The second-order valence-electron chi connectivity index (χ2n) is 6.01. The summed E-state index contributed by atoms with van der Waals surface area (Å²) >= 11 is 0. The van der Waals surface area contributed by atoms with Gasteiger partial charge >= 0.3 is 5.97 Å². The van der Waals surface area contributed by atoms with E-state index in [0.717, 1.165) is 45.3 Å². The van der Waals surface area contributed by atoms with Gasteiger partial charge in [0.15, 0.2) is 0 Å². The van der Waals surface area contributed by atoms with Crippen molar-refractivity contribution < 1.29 is 9.90 Å². The average Bonchev–Trinajstić information content (AvgIpc) is 2.65. The Balaban J connectivity index is 1.93. The van der Waals surface area contributed by atoms with E-state index in [0.29, 0.717) is 6.04 Å². The summed E-state index contributed by atoms with van der Waals surface area (Å²) in [4.78, 5) is 16.3. The molecule has 110 valence electrons. The van der Waals surface area contributed by atoms with Gasteiger partial charge in [-0.05, 0) is 58.3 Å². The lowest BCUT2D eigenvalue weighted by molar-refractivity contribution is -0.144. The topological polar surface area (TPSA) is 43.8 Å². The Hall–Kier alpha value is -0.610. The first-order valence-electron chi connectivity index (χ1n) is 7.93. The van der Waals surface area contributed by atoms with Crippen molar-refractivity contribution in [1.29, 1.82) is 0 Å². The average molecular weight is 268 g/mol. The molecule has 2 saturated heterocycles. The fraction of sp³-hybridized carbons (Fsp3) is 0.933. The van der Waals surface area contributed by atoms with Crippen LogP contribution in [-0.2, 0) is 4.79 Å². The van der Waals surface area contributed by atoms with Gasteiger partial charge in [-0.1, -0.05) is 19.8 Å². The molecule has 2 aliphatic rings. The molecule has 2 aliphatic heterocycles. The molecular weight excluding hydrogens is 240 g/mol. The number of carbonyl (C=O) groups is 1. The maximum atomic E-state index is 11.5. The van der Waals surface area contributed by atoms with Crippen LogP contribution in [0, 0.1) is 0 Å². The molecule has 0 spiro atoms. The first kappa shape index (κ1) is 14.8. The highest BCUT2D eigenvalue weighted by molar-refractivity contribution is 5.73. The van der Waals surface area contributed by atoms with E-state index in [4.69, 9.17) is 0 Å². The molecule has 0 amide bonds. The summed E-state index contributed by atoms with van der Waals surface area (Å²) in [5, 5.41) is 9.45. The monoisotopic (exact) mass is 268 g/mol. The van der Waals surface area contributed by atoms with Gasteiger partial charge in [-0.2, -0.15) is 0 Å². The van der Waals surface area contributed by atoms with Crippen LogP contribution in [0.4, 0.5) is 0 Å². The van der Waals surface area contributed by atoms with Crippen LogP contribution in [0.15, 0.2) is 0 Å². The Labute approximate surface area is 116 Å². The third-order valence-electron chi connectivity index (χ3n) is 4.65. The predicted octanol–water partition coefficient (Wildman–Crippen LogP) is 2.19. The molecule has 0 saturated carbocycles. The van der Waals surface area contributed by atoms with E-state index in [2.05, 4.69) is 16.7 Å². The number of carboxylic acids is 1. The molecule has 1 atom stereocenters. The molecule has 4 heteroatoms. The minimum Gasteiger partial charge on any atom is -0.480 e. The third kappa shape index (κ3) is 3.93. The molecule has 0 aromatic heterocycles. The van der Waals surface area contributed by atoms with Crippen molar-refractivity contribution in [3.63, 3.8) is 0 Å². The largest absolute Gasteiger partial charge is 0.480 e. The molecule has 0 aliphatic carbocycles. The number of piperidine rings is 1. The molecule has 0 aromatic rings. The summed E-state index contributed by atoms with van der Waals surface area (Å²) in [6.07, 6.45) is 7.76. The van der Waals surface area contributed by atoms with Crippen LogP contribution >= 0.6 is 0 Å². The number of rotatable bonds is 4. The van der Waals surface area contributed by atoms with Crippen molar-refractivity contribution in [1.82, 2.24) is 9.80 Å². The van der Waals surface area contributed by atoms with E-state index in [1.54, 1.807) is 0 Å². The van der Waals surface area contributed by atoms with Crippen molar-refractivity contribution in [2.75, 3.05) is 26.2 Å². The lowest BCUT2D eigenvalue weighted by Crippen LogP contribution is -2.51. The number of likely N-dealkylation sites (tertiary alicyclic amines) is 2. The van der Waals surface area contributed by atoms with Crippen LogP contribution in [0.1, 0.15) is 51.9 Å². The molecule has 2 fully saturated rings. The summed E-state index contributed by atoms with van der Waals surface area (Å²) < 4.78 is 0. The Kier molecular flexibility index (Phi) is 5.64. The fourth-order valence-corrected chi connectivity index (χ4v) is 3.62. The summed E-state index contributed by atoms with van der Waals surface area (Å²) in [5.41, 5.74) is 0. The van der Waals surface area contributed by atoms with Crippen molar-refractivity contribution in [2.24, 2.45) is 0 Å². The van der Waals surface area contributed by atoms with Gasteiger partial charge in [-0.25, -0.2) is 0 Å². The maximum Gasteiger partial charge on any atom is 0.320 e.